The Morgan fingerprint density at radius 1 is 1.27 bits per heavy atom. The van der Waals surface area contributed by atoms with E-state index in [0.29, 0.717) is 5.56 Å². The van der Waals surface area contributed by atoms with Crippen LogP contribution in [-0.2, 0) is 13.2 Å². The van der Waals surface area contributed by atoms with E-state index in [0.717, 1.165) is 21.7 Å². The molecule has 1 aromatic carbocycles. The maximum absolute atomic E-state index is 12.6. The van der Waals surface area contributed by atoms with Crippen LogP contribution in [0.3, 0.4) is 0 Å². The SMILES string of the molecule is Cn1nc(C(F)(F)F)cc1NC(=O)c1ccc2cc[nH]c2c1. The summed E-state index contributed by atoms with van der Waals surface area (Å²) >= 11 is 0. The first-order chi connectivity index (χ1) is 10.3. The molecule has 0 bridgehead atoms. The van der Waals surface area contributed by atoms with Crippen LogP contribution in [0, 0.1) is 0 Å². The summed E-state index contributed by atoms with van der Waals surface area (Å²) in [6.07, 6.45) is -2.81. The van der Waals surface area contributed by atoms with Crippen molar-refractivity contribution in [1.82, 2.24) is 14.8 Å². The summed E-state index contributed by atoms with van der Waals surface area (Å²) in [4.78, 5) is 15.1. The van der Waals surface area contributed by atoms with Crippen molar-refractivity contribution in [3.8, 4) is 0 Å². The molecule has 114 valence electrons. The highest BCUT2D eigenvalue weighted by atomic mass is 19.4. The molecule has 1 amide bonds. The number of aryl methyl sites for hydroxylation is 1. The van der Waals surface area contributed by atoms with Gasteiger partial charge in [0, 0.05) is 30.4 Å². The van der Waals surface area contributed by atoms with Gasteiger partial charge in [-0.25, -0.2) is 0 Å². The van der Waals surface area contributed by atoms with E-state index in [1.54, 1.807) is 24.4 Å². The zero-order valence-corrected chi connectivity index (χ0v) is 11.4. The number of fused-ring (bicyclic) bond motifs is 1. The number of nitrogens with zero attached hydrogens (tertiary/aromatic N) is 2. The summed E-state index contributed by atoms with van der Waals surface area (Å²) in [7, 11) is 1.33. The van der Waals surface area contributed by atoms with Crippen LogP contribution in [0.15, 0.2) is 36.5 Å². The number of halogens is 3. The second-order valence-electron chi connectivity index (χ2n) is 4.77. The van der Waals surface area contributed by atoms with Crippen molar-refractivity contribution >= 4 is 22.6 Å². The minimum Gasteiger partial charge on any atom is -0.361 e. The van der Waals surface area contributed by atoms with Gasteiger partial charge in [0.15, 0.2) is 5.69 Å². The Morgan fingerprint density at radius 2 is 2.05 bits per heavy atom. The van der Waals surface area contributed by atoms with E-state index in [1.165, 1.54) is 7.05 Å². The number of hydrogen-bond acceptors (Lipinski definition) is 2. The van der Waals surface area contributed by atoms with Crippen LogP contribution >= 0.6 is 0 Å². The number of H-pyrrole nitrogens is 1. The Balaban J connectivity index is 1.86. The molecule has 0 saturated carbocycles. The fourth-order valence-corrected chi connectivity index (χ4v) is 2.10. The second-order valence-corrected chi connectivity index (χ2v) is 4.77. The van der Waals surface area contributed by atoms with Crippen molar-refractivity contribution in [1.29, 1.82) is 0 Å². The molecule has 2 N–H and O–H groups in total. The third-order valence-electron chi connectivity index (χ3n) is 3.23. The molecule has 0 unspecified atom stereocenters. The first kappa shape index (κ1) is 14.2. The molecule has 0 aliphatic heterocycles. The number of carbonyl (C=O) groups is 1. The van der Waals surface area contributed by atoms with Gasteiger partial charge in [0.1, 0.15) is 5.82 Å². The van der Waals surface area contributed by atoms with Gasteiger partial charge < -0.3 is 10.3 Å². The lowest BCUT2D eigenvalue weighted by Crippen LogP contribution is -2.14. The zero-order chi connectivity index (χ0) is 15.9. The number of benzene rings is 1. The van der Waals surface area contributed by atoms with Crippen molar-refractivity contribution < 1.29 is 18.0 Å². The number of carbonyl (C=O) groups excluding carboxylic acids is 1. The normalized spacial score (nSPS) is 11.8. The summed E-state index contributed by atoms with van der Waals surface area (Å²) in [5.74, 6) is -0.530. The minimum absolute atomic E-state index is 0.0242. The van der Waals surface area contributed by atoms with Gasteiger partial charge >= 0.3 is 6.18 Å². The molecule has 0 aliphatic rings. The van der Waals surface area contributed by atoms with Gasteiger partial charge in [-0.05, 0) is 23.6 Å². The number of alkyl halides is 3. The van der Waals surface area contributed by atoms with E-state index in [2.05, 4.69) is 15.4 Å². The van der Waals surface area contributed by atoms with E-state index in [-0.39, 0.29) is 5.82 Å². The highest BCUT2D eigenvalue weighted by Gasteiger charge is 2.34. The number of anilines is 1. The lowest BCUT2D eigenvalue weighted by Gasteiger charge is -2.05. The van der Waals surface area contributed by atoms with Crippen LogP contribution in [0.25, 0.3) is 10.9 Å². The topological polar surface area (TPSA) is 62.7 Å². The van der Waals surface area contributed by atoms with Crippen molar-refractivity contribution in [2.24, 2.45) is 7.05 Å². The number of rotatable bonds is 2. The van der Waals surface area contributed by atoms with Crippen LogP contribution in [0.4, 0.5) is 19.0 Å². The lowest BCUT2D eigenvalue weighted by atomic mass is 10.1. The number of amides is 1. The molecule has 5 nitrogen and oxygen atoms in total. The molecule has 22 heavy (non-hydrogen) atoms. The molecule has 0 radical (unpaired) electrons. The third kappa shape index (κ3) is 2.54. The van der Waals surface area contributed by atoms with E-state index in [9.17, 15) is 18.0 Å². The standard InChI is InChI=1S/C14H11F3N4O/c1-21-12(7-11(20-21)14(15,16)17)19-13(22)9-3-2-8-4-5-18-10(8)6-9/h2-7,18H,1H3,(H,19,22). The van der Waals surface area contributed by atoms with Gasteiger partial charge in [-0.1, -0.05) is 6.07 Å². The van der Waals surface area contributed by atoms with Gasteiger partial charge in [0.2, 0.25) is 0 Å². The molecule has 0 aliphatic carbocycles. The summed E-state index contributed by atoms with van der Waals surface area (Å²) in [6.45, 7) is 0. The van der Waals surface area contributed by atoms with Crippen LogP contribution in [0.5, 0.6) is 0 Å². The predicted octanol–water partition coefficient (Wildman–Crippen LogP) is 3.17. The molecule has 0 atom stereocenters. The third-order valence-corrected chi connectivity index (χ3v) is 3.23. The first-order valence-electron chi connectivity index (χ1n) is 6.34. The number of nitrogens with one attached hydrogen (secondary N) is 2. The number of aromatic amines is 1. The molecular formula is C14H11F3N4O. The molecule has 2 aromatic heterocycles. The summed E-state index contributed by atoms with van der Waals surface area (Å²) in [5, 5.41) is 6.71. The fraction of sp³-hybridized carbons (Fsp3) is 0.143. The zero-order valence-electron chi connectivity index (χ0n) is 11.4. The molecule has 0 saturated heterocycles. The van der Waals surface area contributed by atoms with E-state index in [1.807, 2.05) is 6.07 Å². The molecule has 0 spiro atoms. The van der Waals surface area contributed by atoms with Crippen molar-refractivity contribution in [2.45, 2.75) is 6.18 Å². The second kappa shape index (κ2) is 4.90. The molecule has 0 fully saturated rings. The van der Waals surface area contributed by atoms with Crippen LogP contribution in [-0.4, -0.2) is 20.7 Å². The maximum Gasteiger partial charge on any atom is 0.435 e. The first-order valence-corrected chi connectivity index (χ1v) is 6.34. The largest absolute Gasteiger partial charge is 0.435 e. The Labute approximate surface area is 122 Å². The molecule has 2 heterocycles. The predicted molar refractivity (Wildman–Crippen MR) is 74.5 cm³/mol. The average molecular weight is 308 g/mol. The molecular weight excluding hydrogens is 297 g/mol. The van der Waals surface area contributed by atoms with Crippen LogP contribution in [0.1, 0.15) is 16.1 Å². The van der Waals surface area contributed by atoms with E-state index >= 15 is 0 Å². The lowest BCUT2D eigenvalue weighted by molar-refractivity contribution is -0.141. The number of aromatic nitrogens is 3. The Kier molecular flexibility index (Phi) is 3.16. The smallest absolute Gasteiger partial charge is 0.361 e. The van der Waals surface area contributed by atoms with E-state index in [4.69, 9.17) is 0 Å². The molecule has 8 heteroatoms. The van der Waals surface area contributed by atoms with Crippen LogP contribution < -0.4 is 5.32 Å². The Bertz CT molecular complexity index is 847. The Hall–Kier alpha value is -2.77. The Morgan fingerprint density at radius 3 is 2.73 bits per heavy atom. The quantitative estimate of drug-likeness (QED) is 0.764. The van der Waals surface area contributed by atoms with Crippen molar-refractivity contribution in [2.75, 3.05) is 5.32 Å². The fourth-order valence-electron chi connectivity index (χ4n) is 2.10. The summed E-state index contributed by atoms with van der Waals surface area (Å²) < 4.78 is 38.7. The highest BCUT2D eigenvalue weighted by molar-refractivity contribution is 6.05. The molecule has 3 aromatic rings. The van der Waals surface area contributed by atoms with E-state index < -0.39 is 17.8 Å². The van der Waals surface area contributed by atoms with Gasteiger partial charge in [-0.3, -0.25) is 9.48 Å². The highest BCUT2D eigenvalue weighted by Crippen LogP contribution is 2.29. The van der Waals surface area contributed by atoms with Gasteiger partial charge in [0.05, 0.1) is 0 Å². The monoisotopic (exact) mass is 308 g/mol. The van der Waals surface area contributed by atoms with Gasteiger partial charge in [-0.15, -0.1) is 0 Å². The minimum atomic E-state index is -4.55. The summed E-state index contributed by atoms with van der Waals surface area (Å²) in [6, 6.07) is 7.64. The number of hydrogen-bond donors (Lipinski definition) is 2. The van der Waals surface area contributed by atoms with Crippen molar-refractivity contribution in [3.63, 3.8) is 0 Å². The summed E-state index contributed by atoms with van der Waals surface area (Å²) in [5.41, 5.74) is 0.0588. The van der Waals surface area contributed by atoms with Crippen LogP contribution in [0.2, 0.25) is 0 Å². The molecule has 3 rings (SSSR count). The van der Waals surface area contributed by atoms with Crippen molar-refractivity contribution in [3.05, 3.63) is 47.8 Å². The average Bonchev–Trinajstić information content (AvgIpc) is 3.04. The van der Waals surface area contributed by atoms with Gasteiger partial charge in [0.25, 0.3) is 5.91 Å². The van der Waals surface area contributed by atoms with Gasteiger partial charge in [-0.2, -0.15) is 18.3 Å². The maximum atomic E-state index is 12.6.